The summed E-state index contributed by atoms with van der Waals surface area (Å²) in [7, 11) is 4.41. The number of carbonyl (C=O) groups excluding carboxylic acids is 1. The minimum absolute atomic E-state index is 0.0340. The highest BCUT2D eigenvalue weighted by molar-refractivity contribution is 8.18. The van der Waals surface area contributed by atoms with Crippen molar-refractivity contribution in [2.24, 2.45) is 19.1 Å². The first-order chi connectivity index (χ1) is 22.4. The van der Waals surface area contributed by atoms with Gasteiger partial charge in [0.1, 0.15) is 0 Å². The van der Waals surface area contributed by atoms with Crippen LogP contribution in [0.4, 0.5) is 5.69 Å². The van der Waals surface area contributed by atoms with Gasteiger partial charge in [-0.15, -0.1) is 0 Å². The van der Waals surface area contributed by atoms with Crippen molar-refractivity contribution in [1.82, 2.24) is 24.0 Å². The molecule has 6 rings (SSSR count). The Bertz CT molecular complexity index is 2290. The van der Waals surface area contributed by atoms with Gasteiger partial charge in [0.15, 0.2) is 27.8 Å². The van der Waals surface area contributed by atoms with Crippen molar-refractivity contribution in [2.75, 3.05) is 7.11 Å². The predicted octanol–water partition coefficient (Wildman–Crippen LogP) is 6.10. The topological polar surface area (TPSA) is 122 Å². The number of ether oxygens (including phenoxy) is 2. The molecule has 0 radical (unpaired) electrons. The molecule has 0 aliphatic carbocycles. The van der Waals surface area contributed by atoms with Gasteiger partial charge in [0.25, 0.3) is 11.5 Å². The summed E-state index contributed by atoms with van der Waals surface area (Å²) in [5.41, 5.74) is 3.47. The van der Waals surface area contributed by atoms with Gasteiger partial charge in [-0.3, -0.25) is 23.3 Å². The molecule has 3 heterocycles. The summed E-state index contributed by atoms with van der Waals surface area (Å²) >= 11 is 13.8. The van der Waals surface area contributed by atoms with Crippen LogP contribution in [0.15, 0.2) is 74.1 Å². The first-order valence-corrected chi connectivity index (χ1v) is 15.8. The van der Waals surface area contributed by atoms with E-state index in [-0.39, 0.29) is 35.4 Å². The maximum absolute atomic E-state index is 13.3. The van der Waals surface area contributed by atoms with E-state index in [2.05, 4.69) is 15.3 Å². The van der Waals surface area contributed by atoms with Gasteiger partial charge in [-0.2, -0.15) is 4.98 Å². The van der Waals surface area contributed by atoms with E-state index >= 15 is 0 Å². The number of halogens is 2. The van der Waals surface area contributed by atoms with E-state index in [4.69, 9.17) is 32.7 Å². The van der Waals surface area contributed by atoms with Gasteiger partial charge in [0.2, 0.25) is 0 Å². The molecule has 0 bridgehead atoms. The van der Waals surface area contributed by atoms with E-state index in [9.17, 15) is 14.4 Å². The van der Waals surface area contributed by atoms with E-state index in [1.54, 1.807) is 47.0 Å². The zero-order valence-electron chi connectivity index (χ0n) is 25.9. The minimum Gasteiger partial charge on any atom is -0.493 e. The van der Waals surface area contributed by atoms with E-state index in [0.717, 1.165) is 21.4 Å². The first-order valence-electron chi connectivity index (χ1n) is 14.3. The molecular formula is C33H28Cl2N6O5S. The molecule has 1 saturated heterocycles. The van der Waals surface area contributed by atoms with Crippen LogP contribution < -0.4 is 26.0 Å². The third-order valence-corrected chi connectivity index (χ3v) is 9.07. The molecule has 2 aromatic heterocycles. The molecule has 0 spiro atoms. The molecule has 5 aromatic rings. The summed E-state index contributed by atoms with van der Waals surface area (Å²) in [6.07, 6.45) is 1.73. The Hall–Kier alpha value is -4.78. The fourth-order valence-corrected chi connectivity index (χ4v) is 6.40. The van der Waals surface area contributed by atoms with E-state index in [0.29, 0.717) is 37.0 Å². The molecule has 1 fully saturated rings. The van der Waals surface area contributed by atoms with Crippen LogP contribution in [0.3, 0.4) is 0 Å². The van der Waals surface area contributed by atoms with E-state index in [1.165, 1.54) is 37.5 Å². The summed E-state index contributed by atoms with van der Waals surface area (Å²) in [5.74, 6) is 0.368. The molecular weight excluding hydrogens is 663 g/mol. The van der Waals surface area contributed by atoms with Crippen LogP contribution in [0.5, 0.6) is 17.5 Å². The number of thioether (sulfide) groups is 1. The van der Waals surface area contributed by atoms with Gasteiger partial charge in [0.05, 0.1) is 24.2 Å². The SMILES string of the molecule is COc1cc(C=C2SC(=Nc3ccc(C)cc3C)NC2=O)ccc1Oc1nc2c(c(=O)n(C)c(=O)n2C)n1Cc1ccc(Cl)cc1Cl. The average molecular weight is 692 g/mol. The molecule has 47 heavy (non-hydrogen) atoms. The number of aryl methyl sites for hydroxylation is 3. The van der Waals surface area contributed by atoms with Gasteiger partial charge in [-0.25, -0.2) is 9.79 Å². The van der Waals surface area contributed by atoms with Gasteiger partial charge >= 0.3 is 11.7 Å². The number of nitrogens with one attached hydrogen (secondary N) is 1. The van der Waals surface area contributed by atoms with Gasteiger partial charge in [0, 0.05) is 24.1 Å². The highest BCUT2D eigenvalue weighted by Crippen LogP contribution is 2.36. The van der Waals surface area contributed by atoms with Crippen LogP contribution >= 0.6 is 35.0 Å². The number of rotatable bonds is 7. The third-order valence-electron chi connectivity index (χ3n) is 7.57. The molecule has 14 heteroatoms. The van der Waals surface area contributed by atoms with E-state index < -0.39 is 11.2 Å². The summed E-state index contributed by atoms with van der Waals surface area (Å²) in [6.45, 7) is 4.09. The number of hydrogen-bond acceptors (Lipinski definition) is 8. The summed E-state index contributed by atoms with van der Waals surface area (Å²) in [6, 6.07) is 16.1. The van der Waals surface area contributed by atoms with Crippen molar-refractivity contribution < 1.29 is 14.3 Å². The Morgan fingerprint density at radius 2 is 1.77 bits per heavy atom. The minimum atomic E-state index is -0.544. The Morgan fingerprint density at radius 1 is 0.979 bits per heavy atom. The van der Waals surface area contributed by atoms with Crippen LogP contribution in [-0.2, 0) is 25.4 Å². The predicted molar refractivity (Wildman–Crippen MR) is 186 cm³/mol. The second-order valence-corrected chi connectivity index (χ2v) is 12.8. The molecule has 1 aliphatic heterocycles. The van der Waals surface area contributed by atoms with Crippen molar-refractivity contribution in [3.05, 3.63) is 113 Å². The second-order valence-electron chi connectivity index (χ2n) is 10.9. The lowest BCUT2D eigenvalue weighted by molar-refractivity contribution is -0.115. The van der Waals surface area contributed by atoms with Crippen LogP contribution in [0.1, 0.15) is 22.3 Å². The van der Waals surface area contributed by atoms with Crippen molar-refractivity contribution >= 4 is 69.0 Å². The van der Waals surface area contributed by atoms with Crippen molar-refractivity contribution in [1.29, 1.82) is 0 Å². The lowest BCUT2D eigenvalue weighted by Crippen LogP contribution is -2.37. The third kappa shape index (κ3) is 6.31. The molecule has 11 nitrogen and oxygen atoms in total. The van der Waals surface area contributed by atoms with Gasteiger partial charge in [-0.1, -0.05) is 53.0 Å². The van der Waals surface area contributed by atoms with Crippen molar-refractivity contribution in [2.45, 2.75) is 20.4 Å². The highest BCUT2D eigenvalue weighted by Gasteiger charge is 2.25. The van der Waals surface area contributed by atoms with Gasteiger partial charge < -0.3 is 14.8 Å². The molecule has 1 N–H and O–H groups in total. The lowest BCUT2D eigenvalue weighted by atomic mass is 10.1. The number of hydrogen-bond donors (Lipinski definition) is 1. The fourth-order valence-electron chi connectivity index (χ4n) is 5.10. The largest absolute Gasteiger partial charge is 0.493 e. The summed E-state index contributed by atoms with van der Waals surface area (Å²) < 4.78 is 15.7. The maximum atomic E-state index is 13.3. The molecule has 0 unspecified atom stereocenters. The Kier molecular flexibility index (Phi) is 8.75. The average Bonchev–Trinajstić information content (AvgIpc) is 3.57. The van der Waals surface area contributed by atoms with Gasteiger partial charge in [-0.05, 0) is 78.7 Å². The van der Waals surface area contributed by atoms with Crippen LogP contribution in [0.2, 0.25) is 10.0 Å². The normalized spacial score (nSPS) is 14.7. The molecule has 3 aromatic carbocycles. The number of benzene rings is 3. The van der Waals surface area contributed by atoms with Crippen molar-refractivity contribution in [3.63, 3.8) is 0 Å². The molecule has 240 valence electrons. The molecule has 1 aliphatic rings. The first kappa shape index (κ1) is 32.2. The number of aliphatic imine (C=N–C) groups is 1. The van der Waals surface area contributed by atoms with Crippen molar-refractivity contribution in [3.8, 4) is 17.5 Å². The summed E-state index contributed by atoms with van der Waals surface area (Å²) in [5, 5.41) is 4.15. The number of fused-ring (bicyclic) bond motifs is 1. The summed E-state index contributed by atoms with van der Waals surface area (Å²) in [4.78, 5) is 48.5. The number of nitrogens with zero attached hydrogens (tertiary/aromatic N) is 5. The Morgan fingerprint density at radius 3 is 2.49 bits per heavy atom. The Labute approximate surface area is 283 Å². The Balaban J connectivity index is 1.35. The monoisotopic (exact) mass is 690 g/mol. The lowest BCUT2D eigenvalue weighted by Gasteiger charge is -2.13. The standard InChI is InChI=1S/C33H28Cl2N6O5S/c1-17-6-10-23(18(2)12-17)36-31-38-29(42)26(47-31)14-19-7-11-24(25(13-19)45-5)46-32-37-28-27(30(43)40(4)33(44)39(28)3)41(32)16-20-8-9-21(34)15-22(20)35/h6-15H,16H2,1-5H3,(H,36,38,42). The van der Waals surface area contributed by atoms with Crippen LogP contribution in [0.25, 0.3) is 17.2 Å². The number of amidine groups is 1. The van der Waals surface area contributed by atoms with Crippen LogP contribution in [0, 0.1) is 13.8 Å². The van der Waals surface area contributed by atoms with Crippen LogP contribution in [-0.4, -0.2) is 36.9 Å². The maximum Gasteiger partial charge on any atom is 0.332 e. The number of carbonyl (C=O) groups is 1. The number of methoxy groups -OCH3 is 1. The number of aromatic nitrogens is 4. The highest BCUT2D eigenvalue weighted by atomic mass is 35.5. The zero-order valence-corrected chi connectivity index (χ0v) is 28.3. The quantitative estimate of drug-likeness (QED) is 0.205. The number of amides is 1. The molecule has 0 atom stereocenters. The second kappa shape index (κ2) is 12.8. The molecule has 1 amide bonds. The zero-order chi connectivity index (χ0) is 33.6. The number of imidazole rings is 1. The fraction of sp³-hybridized carbons (Fsp3) is 0.182. The van der Waals surface area contributed by atoms with E-state index in [1.807, 2.05) is 32.0 Å². The smallest absolute Gasteiger partial charge is 0.332 e. The molecule has 0 saturated carbocycles.